The molecule has 0 bridgehead atoms. The summed E-state index contributed by atoms with van der Waals surface area (Å²) in [4.78, 5) is 20.1. The number of H-pyrrole nitrogens is 1. The number of imidazole rings is 1. The zero-order chi connectivity index (χ0) is 16.8. The molecule has 2 N–H and O–H groups in total. The molecule has 0 spiro atoms. The smallest absolute Gasteiger partial charge is 0.267 e. The van der Waals surface area contributed by atoms with Crippen LogP contribution in [0, 0.1) is 5.92 Å². The lowest BCUT2D eigenvalue weighted by Gasteiger charge is -2.22. The van der Waals surface area contributed by atoms with E-state index in [9.17, 15) is 4.79 Å². The lowest BCUT2D eigenvalue weighted by atomic mass is 9.85. The molecule has 5 heteroatoms. The molecule has 2 aliphatic rings. The van der Waals surface area contributed by atoms with Crippen molar-refractivity contribution in [1.82, 2.24) is 19.9 Å². The molecule has 0 saturated carbocycles. The largest absolute Gasteiger partial charge is 0.351 e. The first-order chi connectivity index (χ1) is 12.3. The summed E-state index contributed by atoms with van der Waals surface area (Å²) in [5, 5.41) is 4.14. The highest BCUT2D eigenvalue weighted by Gasteiger charge is 2.38. The van der Waals surface area contributed by atoms with Crippen molar-refractivity contribution in [3.05, 3.63) is 78.5 Å². The molecule has 0 saturated heterocycles. The Morgan fingerprint density at radius 3 is 3.04 bits per heavy atom. The zero-order valence-corrected chi connectivity index (χ0v) is 13.6. The SMILES string of the molecule is O=C(NCC1C2C=CC=CC2c2cncn21)c1cc2ccccc2[nH]1. The van der Waals surface area contributed by atoms with Gasteiger partial charge in [0.2, 0.25) is 0 Å². The highest BCUT2D eigenvalue weighted by atomic mass is 16.1. The number of rotatable bonds is 3. The number of carbonyl (C=O) groups excluding carboxylic acids is 1. The molecule has 25 heavy (non-hydrogen) atoms. The number of allylic oxidation sites excluding steroid dienone is 4. The number of benzene rings is 1. The first-order valence-electron chi connectivity index (χ1n) is 8.54. The van der Waals surface area contributed by atoms with Gasteiger partial charge >= 0.3 is 0 Å². The highest BCUT2D eigenvalue weighted by molar-refractivity contribution is 5.97. The maximum Gasteiger partial charge on any atom is 0.267 e. The number of hydrogen-bond acceptors (Lipinski definition) is 2. The predicted molar refractivity (Wildman–Crippen MR) is 96.4 cm³/mol. The van der Waals surface area contributed by atoms with Crippen molar-refractivity contribution in [2.45, 2.75) is 12.0 Å². The maximum absolute atomic E-state index is 12.6. The molecule has 1 aliphatic carbocycles. The Morgan fingerprint density at radius 1 is 1.24 bits per heavy atom. The van der Waals surface area contributed by atoms with Crippen LogP contribution in [0.3, 0.4) is 0 Å². The van der Waals surface area contributed by atoms with Gasteiger partial charge < -0.3 is 14.9 Å². The van der Waals surface area contributed by atoms with Crippen LogP contribution < -0.4 is 5.32 Å². The maximum atomic E-state index is 12.6. The van der Waals surface area contributed by atoms with Crippen LogP contribution in [-0.4, -0.2) is 27.0 Å². The van der Waals surface area contributed by atoms with Gasteiger partial charge in [-0.15, -0.1) is 0 Å². The minimum absolute atomic E-state index is 0.0725. The molecule has 3 unspecified atom stereocenters. The third-order valence-electron chi connectivity index (χ3n) is 5.26. The van der Waals surface area contributed by atoms with Crippen LogP contribution >= 0.6 is 0 Å². The summed E-state index contributed by atoms with van der Waals surface area (Å²) < 4.78 is 2.20. The molecule has 3 aromatic rings. The van der Waals surface area contributed by atoms with Crippen LogP contribution in [-0.2, 0) is 0 Å². The standard InChI is InChI=1S/C20H18N4O/c25-20(17-9-13-5-1-4-8-16(13)23-17)22-11-19-15-7-3-2-6-14(15)18-10-21-12-24(18)19/h1-10,12,14-15,19,23H,11H2,(H,22,25). The number of fused-ring (bicyclic) bond motifs is 4. The Balaban J connectivity index is 1.36. The summed E-state index contributed by atoms with van der Waals surface area (Å²) in [7, 11) is 0. The molecule has 3 atom stereocenters. The van der Waals surface area contributed by atoms with E-state index in [0.29, 0.717) is 24.1 Å². The topological polar surface area (TPSA) is 62.7 Å². The molecule has 0 radical (unpaired) electrons. The Kier molecular flexibility index (Phi) is 3.13. The number of aromatic nitrogens is 3. The quantitative estimate of drug-likeness (QED) is 0.775. The van der Waals surface area contributed by atoms with Gasteiger partial charge in [0.1, 0.15) is 5.69 Å². The zero-order valence-electron chi connectivity index (χ0n) is 13.6. The molecular weight excluding hydrogens is 312 g/mol. The average Bonchev–Trinajstić information content (AvgIpc) is 3.34. The van der Waals surface area contributed by atoms with Crippen LogP contribution in [0.2, 0.25) is 0 Å². The number of carbonyl (C=O) groups is 1. The van der Waals surface area contributed by atoms with E-state index in [4.69, 9.17) is 0 Å². The Bertz CT molecular complexity index is 977. The molecule has 5 rings (SSSR count). The van der Waals surface area contributed by atoms with Gasteiger partial charge in [0.05, 0.1) is 12.4 Å². The molecule has 0 fully saturated rings. The summed E-state index contributed by atoms with van der Waals surface area (Å²) in [6.07, 6.45) is 12.4. The van der Waals surface area contributed by atoms with Gasteiger partial charge in [0.25, 0.3) is 5.91 Å². The lowest BCUT2D eigenvalue weighted by molar-refractivity contribution is 0.0941. The second-order valence-corrected chi connectivity index (χ2v) is 6.65. The molecule has 1 aliphatic heterocycles. The molecule has 5 nitrogen and oxygen atoms in total. The van der Waals surface area contributed by atoms with E-state index in [1.54, 1.807) is 0 Å². The third-order valence-corrected chi connectivity index (χ3v) is 5.26. The summed E-state index contributed by atoms with van der Waals surface area (Å²) in [6.45, 7) is 0.580. The van der Waals surface area contributed by atoms with E-state index < -0.39 is 0 Å². The van der Waals surface area contributed by atoms with Crippen molar-refractivity contribution in [2.75, 3.05) is 6.54 Å². The molecule has 3 heterocycles. The number of amides is 1. The molecule has 1 amide bonds. The van der Waals surface area contributed by atoms with Gasteiger partial charge in [-0.1, -0.05) is 42.5 Å². The van der Waals surface area contributed by atoms with E-state index in [1.165, 1.54) is 5.69 Å². The summed E-state index contributed by atoms with van der Waals surface area (Å²) in [5.74, 6) is 0.644. The first kappa shape index (κ1) is 14.3. The van der Waals surface area contributed by atoms with Crippen molar-refractivity contribution in [3.63, 3.8) is 0 Å². The van der Waals surface area contributed by atoms with Gasteiger partial charge in [-0.25, -0.2) is 4.98 Å². The number of nitrogens with one attached hydrogen (secondary N) is 2. The van der Waals surface area contributed by atoms with Gasteiger partial charge in [0, 0.05) is 41.2 Å². The van der Waals surface area contributed by atoms with Crippen LogP contribution in [0.25, 0.3) is 10.9 Å². The lowest BCUT2D eigenvalue weighted by Crippen LogP contribution is -2.32. The van der Waals surface area contributed by atoms with Crippen LogP contribution in [0.15, 0.2) is 67.2 Å². The minimum Gasteiger partial charge on any atom is -0.351 e. The normalized spacial score (nSPS) is 23.6. The fourth-order valence-electron chi connectivity index (χ4n) is 4.05. The number of para-hydroxylation sites is 1. The summed E-state index contributed by atoms with van der Waals surface area (Å²) in [5.41, 5.74) is 2.79. The molecule has 1 aromatic carbocycles. The van der Waals surface area contributed by atoms with Gasteiger partial charge in [0.15, 0.2) is 0 Å². The fraction of sp³-hybridized carbons (Fsp3) is 0.200. The van der Waals surface area contributed by atoms with Crippen molar-refractivity contribution < 1.29 is 4.79 Å². The van der Waals surface area contributed by atoms with E-state index in [-0.39, 0.29) is 11.9 Å². The fourth-order valence-corrected chi connectivity index (χ4v) is 4.05. The number of hydrogen-bond donors (Lipinski definition) is 2. The Morgan fingerprint density at radius 2 is 2.12 bits per heavy atom. The minimum atomic E-state index is -0.0725. The predicted octanol–water partition coefficient (Wildman–Crippen LogP) is 3.17. The Labute approximate surface area is 145 Å². The van der Waals surface area contributed by atoms with Gasteiger partial charge in [-0.2, -0.15) is 0 Å². The highest BCUT2D eigenvalue weighted by Crippen LogP contribution is 2.44. The van der Waals surface area contributed by atoms with E-state index in [0.717, 1.165) is 10.9 Å². The Hall–Kier alpha value is -3.08. The van der Waals surface area contributed by atoms with Crippen LogP contribution in [0.5, 0.6) is 0 Å². The van der Waals surface area contributed by atoms with Gasteiger partial charge in [-0.05, 0) is 12.1 Å². The van der Waals surface area contributed by atoms with Crippen LogP contribution in [0.1, 0.15) is 28.1 Å². The van der Waals surface area contributed by atoms with E-state index in [2.05, 4.69) is 44.2 Å². The van der Waals surface area contributed by atoms with E-state index in [1.807, 2.05) is 42.9 Å². The molecule has 124 valence electrons. The van der Waals surface area contributed by atoms with Crippen LogP contribution in [0.4, 0.5) is 0 Å². The van der Waals surface area contributed by atoms with Gasteiger partial charge in [-0.3, -0.25) is 4.79 Å². The third kappa shape index (κ3) is 2.23. The summed E-state index contributed by atoms with van der Waals surface area (Å²) >= 11 is 0. The monoisotopic (exact) mass is 330 g/mol. The molecular formula is C20H18N4O. The second kappa shape index (κ2) is 5.48. The van der Waals surface area contributed by atoms with E-state index >= 15 is 0 Å². The van der Waals surface area contributed by atoms with Crippen molar-refractivity contribution in [2.24, 2.45) is 5.92 Å². The average molecular weight is 330 g/mol. The van der Waals surface area contributed by atoms with Crippen molar-refractivity contribution in [1.29, 1.82) is 0 Å². The first-order valence-corrected chi connectivity index (χ1v) is 8.54. The van der Waals surface area contributed by atoms with Crippen molar-refractivity contribution in [3.8, 4) is 0 Å². The molecule has 2 aromatic heterocycles. The second-order valence-electron chi connectivity index (χ2n) is 6.65. The summed E-state index contributed by atoms with van der Waals surface area (Å²) in [6, 6.07) is 10.00. The number of nitrogens with zero attached hydrogens (tertiary/aromatic N) is 2. The number of aromatic amines is 1. The van der Waals surface area contributed by atoms with Crippen molar-refractivity contribution >= 4 is 16.8 Å².